The van der Waals surface area contributed by atoms with Crippen molar-refractivity contribution in [3.8, 4) is 0 Å². The standard InChI is InChI=1S/C13H13NO2S/c15-9-11-5-3-10(4-6-11)8-14-13(16)12-2-1-7-17-12/h1-7,15H,8-9H2,(H,14,16). The predicted octanol–water partition coefficient (Wildman–Crippen LogP) is 2.17. The Balaban J connectivity index is 1.91. The summed E-state index contributed by atoms with van der Waals surface area (Å²) in [4.78, 5) is 12.4. The summed E-state index contributed by atoms with van der Waals surface area (Å²) in [5.41, 5.74) is 1.89. The van der Waals surface area contributed by atoms with Crippen molar-refractivity contribution >= 4 is 17.2 Å². The highest BCUT2D eigenvalue weighted by Crippen LogP contribution is 2.09. The Morgan fingerprint density at radius 2 is 1.88 bits per heavy atom. The van der Waals surface area contributed by atoms with Crippen LogP contribution in [0, 0.1) is 0 Å². The average molecular weight is 247 g/mol. The number of carbonyl (C=O) groups is 1. The first-order valence-electron chi connectivity index (χ1n) is 5.30. The Bertz CT molecular complexity index is 477. The number of aliphatic hydroxyl groups excluding tert-OH is 1. The molecule has 1 aromatic carbocycles. The SMILES string of the molecule is O=C(NCc1ccc(CO)cc1)c1cccs1. The van der Waals surface area contributed by atoms with Crippen molar-refractivity contribution in [1.82, 2.24) is 5.32 Å². The van der Waals surface area contributed by atoms with Crippen LogP contribution in [-0.4, -0.2) is 11.0 Å². The van der Waals surface area contributed by atoms with Crippen LogP contribution < -0.4 is 5.32 Å². The topological polar surface area (TPSA) is 49.3 Å². The molecule has 1 heterocycles. The normalized spacial score (nSPS) is 10.2. The van der Waals surface area contributed by atoms with E-state index >= 15 is 0 Å². The molecule has 0 saturated carbocycles. The van der Waals surface area contributed by atoms with E-state index in [0.717, 1.165) is 16.0 Å². The molecule has 1 aromatic heterocycles. The first-order chi connectivity index (χ1) is 8.29. The summed E-state index contributed by atoms with van der Waals surface area (Å²) in [6, 6.07) is 11.2. The van der Waals surface area contributed by atoms with Crippen molar-refractivity contribution in [2.75, 3.05) is 0 Å². The summed E-state index contributed by atoms with van der Waals surface area (Å²) < 4.78 is 0. The quantitative estimate of drug-likeness (QED) is 0.870. The lowest BCUT2D eigenvalue weighted by atomic mass is 10.1. The van der Waals surface area contributed by atoms with E-state index in [1.54, 1.807) is 6.07 Å². The molecule has 4 heteroatoms. The number of benzene rings is 1. The smallest absolute Gasteiger partial charge is 0.261 e. The Hall–Kier alpha value is -1.65. The maximum absolute atomic E-state index is 11.7. The summed E-state index contributed by atoms with van der Waals surface area (Å²) in [7, 11) is 0. The highest BCUT2D eigenvalue weighted by Gasteiger charge is 2.05. The van der Waals surface area contributed by atoms with Crippen LogP contribution in [0.5, 0.6) is 0 Å². The minimum atomic E-state index is -0.0498. The van der Waals surface area contributed by atoms with Gasteiger partial charge in [-0.15, -0.1) is 11.3 Å². The molecule has 0 spiro atoms. The number of rotatable bonds is 4. The molecule has 0 aliphatic rings. The second-order valence-electron chi connectivity index (χ2n) is 3.63. The van der Waals surface area contributed by atoms with E-state index in [2.05, 4.69) is 5.32 Å². The molecule has 0 atom stereocenters. The van der Waals surface area contributed by atoms with Crippen LogP contribution in [0.3, 0.4) is 0 Å². The first-order valence-corrected chi connectivity index (χ1v) is 6.18. The molecule has 0 saturated heterocycles. The van der Waals surface area contributed by atoms with E-state index < -0.39 is 0 Å². The Labute approximate surface area is 104 Å². The fourth-order valence-corrected chi connectivity index (χ4v) is 2.08. The van der Waals surface area contributed by atoms with Gasteiger partial charge >= 0.3 is 0 Å². The van der Waals surface area contributed by atoms with E-state index in [-0.39, 0.29) is 12.5 Å². The number of hydrogen-bond acceptors (Lipinski definition) is 3. The molecule has 17 heavy (non-hydrogen) atoms. The van der Waals surface area contributed by atoms with Crippen molar-refractivity contribution in [1.29, 1.82) is 0 Å². The predicted molar refractivity (Wildman–Crippen MR) is 67.9 cm³/mol. The van der Waals surface area contributed by atoms with Crippen molar-refractivity contribution < 1.29 is 9.90 Å². The summed E-state index contributed by atoms with van der Waals surface area (Å²) in [6.07, 6.45) is 0. The molecule has 0 fully saturated rings. The Morgan fingerprint density at radius 1 is 1.18 bits per heavy atom. The summed E-state index contributed by atoms with van der Waals surface area (Å²) in [5, 5.41) is 13.6. The van der Waals surface area contributed by atoms with Crippen molar-refractivity contribution in [2.24, 2.45) is 0 Å². The number of carbonyl (C=O) groups excluding carboxylic acids is 1. The van der Waals surface area contributed by atoms with Gasteiger partial charge in [0.1, 0.15) is 0 Å². The third kappa shape index (κ3) is 3.15. The van der Waals surface area contributed by atoms with E-state index in [1.165, 1.54) is 11.3 Å². The largest absolute Gasteiger partial charge is 0.392 e. The van der Waals surface area contributed by atoms with E-state index in [4.69, 9.17) is 5.11 Å². The maximum Gasteiger partial charge on any atom is 0.261 e. The molecule has 0 radical (unpaired) electrons. The van der Waals surface area contributed by atoms with Gasteiger partial charge in [0.25, 0.3) is 5.91 Å². The summed E-state index contributed by atoms with van der Waals surface area (Å²) in [6.45, 7) is 0.546. The monoisotopic (exact) mass is 247 g/mol. The van der Waals surface area contributed by atoms with Crippen LogP contribution in [0.2, 0.25) is 0 Å². The van der Waals surface area contributed by atoms with Gasteiger partial charge in [-0.25, -0.2) is 0 Å². The van der Waals surface area contributed by atoms with Crippen LogP contribution >= 0.6 is 11.3 Å². The van der Waals surface area contributed by atoms with Crippen LogP contribution in [0.1, 0.15) is 20.8 Å². The Morgan fingerprint density at radius 3 is 2.47 bits per heavy atom. The van der Waals surface area contributed by atoms with Crippen LogP contribution in [0.15, 0.2) is 41.8 Å². The van der Waals surface area contributed by atoms with Gasteiger partial charge in [0.15, 0.2) is 0 Å². The molecule has 2 N–H and O–H groups in total. The molecule has 2 aromatic rings. The molecule has 0 bridgehead atoms. The lowest BCUT2D eigenvalue weighted by molar-refractivity contribution is 0.0955. The van der Waals surface area contributed by atoms with E-state index in [1.807, 2.05) is 35.7 Å². The number of thiophene rings is 1. The highest BCUT2D eigenvalue weighted by molar-refractivity contribution is 7.12. The zero-order chi connectivity index (χ0) is 12.1. The second-order valence-corrected chi connectivity index (χ2v) is 4.58. The number of aliphatic hydroxyl groups is 1. The number of amides is 1. The zero-order valence-electron chi connectivity index (χ0n) is 9.22. The van der Waals surface area contributed by atoms with Crippen LogP contribution in [-0.2, 0) is 13.2 Å². The molecule has 88 valence electrons. The maximum atomic E-state index is 11.7. The third-order valence-electron chi connectivity index (χ3n) is 2.40. The lowest BCUT2D eigenvalue weighted by Gasteiger charge is -2.04. The number of hydrogen-bond donors (Lipinski definition) is 2. The van der Waals surface area contributed by atoms with Gasteiger partial charge in [-0.3, -0.25) is 4.79 Å². The Kier molecular flexibility index (Phi) is 3.90. The molecule has 3 nitrogen and oxygen atoms in total. The van der Waals surface area contributed by atoms with Crippen molar-refractivity contribution in [3.63, 3.8) is 0 Å². The van der Waals surface area contributed by atoms with E-state index in [0.29, 0.717) is 6.54 Å². The second kappa shape index (κ2) is 5.61. The van der Waals surface area contributed by atoms with Crippen molar-refractivity contribution in [3.05, 3.63) is 57.8 Å². The molecule has 0 aliphatic heterocycles. The number of nitrogens with one attached hydrogen (secondary N) is 1. The summed E-state index contributed by atoms with van der Waals surface area (Å²) in [5.74, 6) is -0.0498. The fraction of sp³-hybridized carbons (Fsp3) is 0.154. The molecule has 2 rings (SSSR count). The van der Waals surface area contributed by atoms with Gasteiger partial charge in [-0.2, -0.15) is 0 Å². The minimum absolute atomic E-state index is 0.0435. The fourth-order valence-electron chi connectivity index (χ4n) is 1.44. The van der Waals surface area contributed by atoms with Gasteiger partial charge in [0.2, 0.25) is 0 Å². The molecular weight excluding hydrogens is 234 g/mol. The van der Waals surface area contributed by atoms with Gasteiger partial charge < -0.3 is 10.4 Å². The van der Waals surface area contributed by atoms with Crippen molar-refractivity contribution in [2.45, 2.75) is 13.2 Å². The van der Waals surface area contributed by atoms with Gasteiger partial charge in [0.05, 0.1) is 11.5 Å². The van der Waals surface area contributed by atoms with Crippen LogP contribution in [0.25, 0.3) is 0 Å². The van der Waals surface area contributed by atoms with Gasteiger partial charge in [-0.05, 0) is 22.6 Å². The van der Waals surface area contributed by atoms with Crippen LogP contribution in [0.4, 0.5) is 0 Å². The average Bonchev–Trinajstić information content (AvgIpc) is 2.90. The molecule has 0 unspecified atom stereocenters. The van der Waals surface area contributed by atoms with Gasteiger partial charge in [0, 0.05) is 6.54 Å². The molecular formula is C13H13NO2S. The molecule has 1 amide bonds. The summed E-state index contributed by atoms with van der Waals surface area (Å²) >= 11 is 1.43. The lowest BCUT2D eigenvalue weighted by Crippen LogP contribution is -2.21. The van der Waals surface area contributed by atoms with E-state index in [9.17, 15) is 4.79 Å². The zero-order valence-corrected chi connectivity index (χ0v) is 10.0. The first kappa shape index (κ1) is 11.8. The minimum Gasteiger partial charge on any atom is -0.392 e. The van der Waals surface area contributed by atoms with Gasteiger partial charge in [-0.1, -0.05) is 30.3 Å². The molecule has 0 aliphatic carbocycles. The third-order valence-corrected chi connectivity index (χ3v) is 3.27. The highest BCUT2D eigenvalue weighted by atomic mass is 32.1.